The van der Waals surface area contributed by atoms with Crippen molar-refractivity contribution in [3.63, 3.8) is 0 Å². The molecular formula is C16H19F3N2O2S. The van der Waals surface area contributed by atoms with Gasteiger partial charge in [0.25, 0.3) is 5.91 Å². The van der Waals surface area contributed by atoms with Gasteiger partial charge in [0.2, 0.25) is 5.91 Å². The first kappa shape index (κ1) is 18.6. The molecule has 2 atom stereocenters. The van der Waals surface area contributed by atoms with Crippen molar-refractivity contribution in [1.82, 2.24) is 5.32 Å². The number of benzene rings is 1. The molecule has 0 radical (unpaired) electrons. The molecule has 1 aliphatic rings. The molecule has 132 valence electrons. The first-order valence-corrected chi connectivity index (χ1v) is 8.63. The van der Waals surface area contributed by atoms with E-state index in [1.807, 2.05) is 0 Å². The Kier molecular flexibility index (Phi) is 6.15. The van der Waals surface area contributed by atoms with E-state index in [2.05, 4.69) is 5.32 Å². The summed E-state index contributed by atoms with van der Waals surface area (Å²) in [6.07, 6.45) is -3.23. The fraction of sp³-hybridized carbons (Fsp3) is 0.500. The first-order valence-electron chi connectivity index (χ1n) is 7.65. The van der Waals surface area contributed by atoms with Crippen molar-refractivity contribution in [2.45, 2.75) is 42.8 Å². The molecule has 0 bridgehead atoms. The largest absolute Gasteiger partial charge is 0.391 e. The Bertz CT molecular complexity index is 607. The number of hydrogen-bond donors (Lipinski definition) is 2. The van der Waals surface area contributed by atoms with E-state index in [9.17, 15) is 22.8 Å². The van der Waals surface area contributed by atoms with Crippen LogP contribution in [0, 0.1) is 5.92 Å². The average Bonchev–Trinajstić information content (AvgIpc) is 2.52. The van der Waals surface area contributed by atoms with Crippen LogP contribution in [0.4, 0.5) is 13.2 Å². The molecule has 3 N–H and O–H groups in total. The fourth-order valence-electron chi connectivity index (χ4n) is 2.81. The van der Waals surface area contributed by atoms with Gasteiger partial charge >= 0.3 is 6.18 Å². The zero-order chi connectivity index (χ0) is 17.7. The van der Waals surface area contributed by atoms with Crippen molar-refractivity contribution in [3.05, 3.63) is 29.8 Å². The van der Waals surface area contributed by atoms with Crippen LogP contribution in [-0.4, -0.2) is 29.8 Å². The van der Waals surface area contributed by atoms with Crippen LogP contribution in [0.3, 0.4) is 0 Å². The fourth-order valence-corrected chi connectivity index (χ4v) is 3.60. The van der Waals surface area contributed by atoms with E-state index in [-0.39, 0.29) is 18.6 Å². The summed E-state index contributed by atoms with van der Waals surface area (Å²) < 4.78 is 38.6. The molecule has 1 aromatic carbocycles. The number of alkyl halides is 3. The molecular weight excluding hydrogens is 341 g/mol. The smallest absolute Gasteiger partial charge is 0.369 e. The van der Waals surface area contributed by atoms with Gasteiger partial charge in [-0.2, -0.15) is 13.2 Å². The van der Waals surface area contributed by atoms with Gasteiger partial charge in [0.1, 0.15) is 0 Å². The van der Waals surface area contributed by atoms with Gasteiger partial charge in [-0.25, -0.2) is 0 Å². The molecule has 1 saturated carbocycles. The maximum Gasteiger partial charge on any atom is 0.391 e. The van der Waals surface area contributed by atoms with E-state index in [0.29, 0.717) is 23.3 Å². The van der Waals surface area contributed by atoms with E-state index in [1.165, 1.54) is 0 Å². The number of rotatable bonds is 5. The number of hydrogen-bond acceptors (Lipinski definition) is 3. The zero-order valence-electron chi connectivity index (χ0n) is 12.9. The van der Waals surface area contributed by atoms with Gasteiger partial charge in [-0.15, -0.1) is 11.8 Å². The normalized spacial score (nSPS) is 21.3. The summed E-state index contributed by atoms with van der Waals surface area (Å²) in [7, 11) is 0. The molecule has 2 amide bonds. The molecule has 0 spiro atoms. The van der Waals surface area contributed by atoms with E-state index >= 15 is 0 Å². The summed E-state index contributed by atoms with van der Waals surface area (Å²) in [5.74, 6) is -2.26. The highest BCUT2D eigenvalue weighted by atomic mass is 32.2. The maximum atomic E-state index is 12.9. The number of nitrogens with two attached hydrogens (primary N) is 1. The minimum absolute atomic E-state index is 0.0316. The van der Waals surface area contributed by atoms with Crippen LogP contribution in [-0.2, 0) is 4.79 Å². The number of amides is 2. The molecule has 0 saturated heterocycles. The number of halogens is 3. The maximum absolute atomic E-state index is 12.9. The molecule has 8 heteroatoms. The highest BCUT2D eigenvalue weighted by molar-refractivity contribution is 8.00. The summed E-state index contributed by atoms with van der Waals surface area (Å²) >= 11 is 1.13. The summed E-state index contributed by atoms with van der Waals surface area (Å²) in [5, 5.41) is 2.70. The summed E-state index contributed by atoms with van der Waals surface area (Å²) in [4.78, 5) is 23.9. The standard InChI is InChI=1S/C16H19F3N2O2S/c17-16(18,19)10-4-3-5-11(8-10)21-15(23)12-6-1-2-7-13(12)24-9-14(20)22/h1-2,6-7,10-11H,3-5,8-9H2,(H2,20,22)(H,21,23). The number of thioether (sulfide) groups is 1. The lowest BCUT2D eigenvalue weighted by Gasteiger charge is -2.31. The lowest BCUT2D eigenvalue weighted by Crippen LogP contribution is -2.41. The van der Waals surface area contributed by atoms with E-state index < -0.39 is 30.0 Å². The second kappa shape index (κ2) is 7.92. The third-order valence-electron chi connectivity index (χ3n) is 3.97. The van der Waals surface area contributed by atoms with Gasteiger partial charge in [-0.1, -0.05) is 18.6 Å². The lowest BCUT2D eigenvalue weighted by atomic mass is 9.85. The van der Waals surface area contributed by atoms with Crippen molar-refractivity contribution < 1.29 is 22.8 Å². The minimum atomic E-state index is -4.22. The van der Waals surface area contributed by atoms with Gasteiger partial charge in [-0.3, -0.25) is 9.59 Å². The first-order chi connectivity index (χ1) is 11.3. The van der Waals surface area contributed by atoms with Crippen molar-refractivity contribution in [1.29, 1.82) is 0 Å². The number of nitrogens with one attached hydrogen (secondary N) is 1. The SMILES string of the molecule is NC(=O)CSc1ccccc1C(=O)NC1CCCC(C(F)(F)F)C1. The van der Waals surface area contributed by atoms with Crippen LogP contribution in [0.15, 0.2) is 29.2 Å². The second-order valence-corrected chi connectivity index (χ2v) is 6.84. The molecule has 0 aliphatic heterocycles. The lowest BCUT2D eigenvalue weighted by molar-refractivity contribution is -0.183. The molecule has 0 heterocycles. The third kappa shape index (κ3) is 5.15. The van der Waals surface area contributed by atoms with Crippen LogP contribution >= 0.6 is 11.8 Å². The van der Waals surface area contributed by atoms with Crippen molar-refractivity contribution in [2.24, 2.45) is 11.7 Å². The Balaban J connectivity index is 2.03. The van der Waals surface area contributed by atoms with Crippen LogP contribution in [0.2, 0.25) is 0 Å². The van der Waals surface area contributed by atoms with Crippen LogP contribution in [0.5, 0.6) is 0 Å². The molecule has 0 aromatic heterocycles. The number of carbonyl (C=O) groups excluding carboxylic acids is 2. The Morgan fingerprint density at radius 2 is 1.96 bits per heavy atom. The van der Waals surface area contributed by atoms with Gasteiger partial charge in [0.15, 0.2) is 0 Å². The monoisotopic (exact) mass is 360 g/mol. The summed E-state index contributed by atoms with van der Waals surface area (Å²) in [6, 6.07) is 6.17. The molecule has 24 heavy (non-hydrogen) atoms. The number of carbonyl (C=O) groups is 2. The van der Waals surface area contributed by atoms with Gasteiger partial charge < -0.3 is 11.1 Å². The molecule has 1 fully saturated rings. The Morgan fingerprint density at radius 1 is 1.25 bits per heavy atom. The average molecular weight is 360 g/mol. The molecule has 1 aliphatic carbocycles. The highest BCUT2D eigenvalue weighted by Crippen LogP contribution is 2.37. The second-order valence-electron chi connectivity index (χ2n) is 5.83. The van der Waals surface area contributed by atoms with E-state index in [0.717, 1.165) is 11.8 Å². The summed E-state index contributed by atoms with van der Waals surface area (Å²) in [6.45, 7) is 0. The zero-order valence-corrected chi connectivity index (χ0v) is 13.8. The van der Waals surface area contributed by atoms with E-state index in [1.54, 1.807) is 24.3 Å². The predicted molar refractivity (Wildman–Crippen MR) is 85.6 cm³/mol. The van der Waals surface area contributed by atoms with Crippen molar-refractivity contribution >= 4 is 23.6 Å². The van der Waals surface area contributed by atoms with Crippen molar-refractivity contribution in [2.75, 3.05) is 5.75 Å². The molecule has 4 nitrogen and oxygen atoms in total. The summed E-state index contributed by atoms with van der Waals surface area (Å²) in [5.41, 5.74) is 5.45. The Morgan fingerprint density at radius 3 is 2.62 bits per heavy atom. The molecule has 2 unspecified atom stereocenters. The molecule has 2 rings (SSSR count). The van der Waals surface area contributed by atoms with Gasteiger partial charge in [0.05, 0.1) is 17.2 Å². The van der Waals surface area contributed by atoms with Gasteiger partial charge in [0, 0.05) is 10.9 Å². The minimum Gasteiger partial charge on any atom is -0.369 e. The third-order valence-corrected chi connectivity index (χ3v) is 5.07. The number of primary amides is 1. The Labute approximate surface area is 142 Å². The van der Waals surface area contributed by atoms with Crippen LogP contribution in [0.1, 0.15) is 36.0 Å². The van der Waals surface area contributed by atoms with E-state index in [4.69, 9.17) is 5.73 Å². The topological polar surface area (TPSA) is 72.2 Å². The highest BCUT2D eigenvalue weighted by Gasteiger charge is 2.42. The molecule has 1 aromatic rings. The Hall–Kier alpha value is -1.70. The van der Waals surface area contributed by atoms with Crippen molar-refractivity contribution in [3.8, 4) is 0 Å². The quantitative estimate of drug-likeness (QED) is 0.793. The van der Waals surface area contributed by atoms with Gasteiger partial charge in [-0.05, 0) is 31.4 Å². The van der Waals surface area contributed by atoms with Crippen LogP contribution < -0.4 is 11.1 Å². The van der Waals surface area contributed by atoms with Crippen LogP contribution in [0.25, 0.3) is 0 Å². The predicted octanol–water partition coefficient (Wildman–Crippen LogP) is 3.11.